The highest BCUT2D eigenvalue weighted by molar-refractivity contribution is 7.47. The highest BCUT2D eigenvalue weighted by Crippen LogP contribution is 1.86. The lowest BCUT2D eigenvalue weighted by molar-refractivity contribution is -0.143. The third-order valence-corrected chi connectivity index (χ3v) is 1.33. The average Bonchev–Trinajstić information content (AvgIpc) is 2.27. The summed E-state index contributed by atoms with van der Waals surface area (Å²) >= 11 is 8.36. The van der Waals surface area contributed by atoms with Crippen LogP contribution < -0.4 is 0 Å². The van der Waals surface area contributed by atoms with Gasteiger partial charge in [0, 0.05) is 37.9 Å². The van der Waals surface area contributed by atoms with Gasteiger partial charge in [-0.3, -0.25) is 9.59 Å². The van der Waals surface area contributed by atoms with Crippen LogP contribution in [-0.4, -0.2) is 35.2 Å². The Morgan fingerprint density at radius 2 is 1.12 bits per heavy atom. The number of hydrogen-bond donors (Lipinski definition) is 2. The molecule has 94 valence electrons. The minimum absolute atomic E-state index is 0.296. The zero-order valence-corrected chi connectivity index (χ0v) is 10.9. The van der Waals surface area contributed by atoms with E-state index in [9.17, 15) is 9.59 Å². The molecule has 0 heterocycles. The van der Waals surface area contributed by atoms with Crippen molar-refractivity contribution in [2.75, 3.05) is 13.1 Å². The molecule has 8 heteroatoms. The molecule has 0 rings (SSSR count). The Morgan fingerprint density at radius 3 is 1.19 bits per heavy atom. The van der Waals surface area contributed by atoms with Gasteiger partial charge >= 0.3 is 11.9 Å². The Balaban J connectivity index is -0.000000179. The van der Waals surface area contributed by atoms with E-state index in [1.54, 1.807) is 0 Å². The minimum Gasteiger partial charge on any atom is -0.481 e. The van der Waals surface area contributed by atoms with E-state index in [1.165, 1.54) is 0 Å². The van der Waals surface area contributed by atoms with E-state index in [-0.39, 0.29) is 12.8 Å². The molecule has 0 bridgehead atoms. The van der Waals surface area contributed by atoms with Crippen molar-refractivity contribution >= 4 is 36.8 Å². The first-order valence-electron chi connectivity index (χ1n) is 4.47. The zero-order chi connectivity index (χ0) is 13.4. The summed E-state index contributed by atoms with van der Waals surface area (Å²) in [6, 6.07) is 0. The molecule has 0 fully saturated rings. The SMILES string of the molecule is CCN=S.CCN=S.O=C(O)CCC(=O)O. The summed E-state index contributed by atoms with van der Waals surface area (Å²) in [7, 11) is 0. The maximum atomic E-state index is 9.64. The van der Waals surface area contributed by atoms with Crippen molar-refractivity contribution < 1.29 is 19.8 Å². The first-order chi connectivity index (χ1) is 7.45. The Morgan fingerprint density at radius 1 is 0.938 bits per heavy atom. The third-order valence-electron chi connectivity index (χ3n) is 0.811. The van der Waals surface area contributed by atoms with E-state index in [2.05, 4.69) is 33.6 Å². The van der Waals surface area contributed by atoms with Gasteiger partial charge in [-0.15, -0.1) is 0 Å². The molecule has 0 radical (unpaired) electrons. The molecule has 0 amide bonds. The summed E-state index contributed by atoms with van der Waals surface area (Å²) in [6.07, 6.45) is -0.593. The van der Waals surface area contributed by atoms with Crippen LogP contribution in [0.25, 0.3) is 0 Å². The molecule has 0 aliphatic carbocycles. The van der Waals surface area contributed by atoms with Crippen molar-refractivity contribution in [2.45, 2.75) is 26.7 Å². The van der Waals surface area contributed by atoms with E-state index >= 15 is 0 Å². The molecule has 0 aromatic heterocycles. The number of rotatable bonds is 5. The second-order valence-corrected chi connectivity index (χ2v) is 2.69. The molecule has 0 aliphatic heterocycles. The first kappa shape index (κ1) is 20.4. The number of carboxylic acids is 2. The standard InChI is InChI=1S/C4H6O4.2C2H5NS/c5-3(6)1-2-4(7)8;2*1-2-3-4/h1-2H2,(H,5,6)(H,7,8);2*2H2,1H3. The van der Waals surface area contributed by atoms with Gasteiger partial charge in [-0.05, 0) is 13.8 Å². The summed E-state index contributed by atoms with van der Waals surface area (Å²) in [5.41, 5.74) is 0. The van der Waals surface area contributed by atoms with Crippen LogP contribution in [0.4, 0.5) is 0 Å². The van der Waals surface area contributed by atoms with E-state index in [4.69, 9.17) is 10.2 Å². The first-order valence-corrected chi connectivity index (χ1v) is 5.20. The highest BCUT2D eigenvalue weighted by atomic mass is 32.1. The second kappa shape index (κ2) is 19.5. The predicted molar refractivity (Wildman–Crippen MR) is 65.2 cm³/mol. The Bertz CT molecular complexity index is 190. The minimum atomic E-state index is -1.08. The lowest BCUT2D eigenvalue weighted by Gasteiger charge is -1.85. The summed E-state index contributed by atoms with van der Waals surface area (Å²) in [5.74, 6) is -2.15. The van der Waals surface area contributed by atoms with Crippen LogP contribution in [0.2, 0.25) is 0 Å². The second-order valence-electron chi connectivity index (χ2n) is 2.18. The summed E-state index contributed by atoms with van der Waals surface area (Å²) < 4.78 is 6.64. The molecule has 0 atom stereocenters. The summed E-state index contributed by atoms with van der Waals surface area (Å²) in [6.45, 7) is 5.34. The van der Waals surface area contributed by atoms with Gasteiger partial charge in [-0.25, -0.2) is 8.73 Å². The zero-order valence-electron chi connectivity index (χ0n) is 9.25. The third kappa shape index (κ3) is 52.1. The number of carboxylic acid groups (broad SMARTS) is 2. The lowest BCUT2D eigenvalue weighted by Crippen LogP contribution is -2.00. The van der Waals surface area contributed by atoms with Gasteiger partial charge in [-0.2, -0.15) is 0 Å². The predicted octanol–water partition coefficient (Wildman–Crippen LogP) is 1.41. The van der Waals surface area contributed by atoms with Crippen LogP contribution >= 0.6 is 0 Å². The van der Waals surface area contributed by atoms with Crippen LogP contribution in [-0.2, 0) is 34.4 Å². The van der Waals surface area contributed by atoms with E-state index in [0.717, 1.165) is 13.1 Å². The molecule has 16 heavy (non-hydrogen) atoms. The number of carbonyl (C=O) groups is 2. The molecule has 0 aliphatic rings. The Kier molecular flexibility index (Phi) is 24.9. The number of aliphatic carboxylic acids is 2. The van der Waals surface area contributed by atoms with Crippen LogP contribution in [0.3, 0.4) is 0 Å². The summed E-state index contributed by atoms with van der Waals surface area (Å²) in [4.78, 5) is 19.3. The highest BCUT2D eigenvalue weighted by Gasteiger charge is 2.00. The van der Waals surface area contributed by atoms with Gasteiger partial charge in [0.2, 0.25) is 0 Å². The molecule has 0 saturated carbocycles. The topological polar surface area (TPSA) is 99.3 Å². The fraction of sp³-hybridized carbons (Fsp3) is 0.750. The molecule has 0 saturated heterocycles. The maximum absolute atomic E-state index is 9.64. The van der Waals surface area contributed by atoms with Crippen LogP contribution in [0.5, 0.6) is 0 Å². The number of hydrogen-bond acceptors (Lipinski definition) is 6. The van der Waals surface area contributed by atoms with Gasteiger partial charge in [-0.1, -0.05) is 0 Å². The molecule has 0 aromatic rings. The van der Waals surface area contributed by atoms with E-state index in [0.29, 0.717) is 0 Å². The van der Waals surface area contributed by atoms with Crippen LogP contribution in [0.1, 0.15) is 26.7 Å². The van der Waals surface area contributed by atoms with Crippen molar-refractivity contribution in [1.82, 2.24) is 0 Å². The molecule has 0 spiro atoms. The van der Waals surface area contributed by atoms with Gasteiger partial charge in [0.25, 0.3) is 0 Å². The van der Waals surface area contributed by atoms with Gasteiger partial charge in [0.15, 0.2) is 0 Å². The number of nitrogens with zero attached hydrogens (tertiary/aromatic N) is 2. The summed E-state index contributed by atoms with van der Waals surface area (Å²) in [5, 5.41) is 15.8. The quantitative estimate of drug-likeness (QED) is 0.782. The fourth-order valence-electron chi connectivity index (χ4n) is 0.214. The molecular formula is C8H16N2O4S2. The molecule has 2 N–H and O–H groups in total. The van der Waals surface area contributed by atoms with E-state index in [1.807, 2.05) is 13.8 Å². The van der Waals surface area contributed by atoms with Crippen LogP contribution in [0, 0.1) is 0 Å². The molecule has 0 aromatic carbocycles. The average molecular weight is 268 g/mol. The van der Waals surface area contributed by atoms with Crippen molar-refractivity contribution in [3.05, 3.63) is 0 Å². The smallest absolute Gasteiger partial charge is 0.303 e. The van der Waals surface area contributed by atoms with Crippen molar-refractivity contribution in [3.63, 3.8) is 0 Å². The van der Waals surface area contributed by atoms with Crippen molar-refractivity contribution in [1.29, 1.82) is 0 Å². The molecule has 6 nitrogen and oxygen atoms in total. The Hall–Kier alpha value is -1.02. The van der Waals surface area contributed by atoms with Gasteiger partial charge in [0.05, 0.1) is 12.8 Å². The largest absolute Gasteiger partial charge is 0.481 e. The fourth-order valence-corrected chi connectivity index (χ4v) is 0.214. The molecular weight excluding hydrogens is 252 g/mol. The lowest BCUT2D eigenvalue weighted by atomic mass is 10.3. The van der Waals surface area contributed by atoms with Gasteiger partial charge in [0.1, 0.15) is 0 Å². The normalized spacial score (nSPS) is 7.38. The van der Waals surface area contributed by atoms with E-state index < -0.39 is 11.9 Å². The monoisotopic (exact) mass is 268 g/mol. The van der Waals surface area contributed by atoms with Crippen molar-refractivity contribution in [3.8, 4) is 0 Å². The Labute approximate surface area is 105 Å². The van der Waals surface area contributed by atoms with Gasteiger partial charge < -0.3 is 10.2 Å². The maximum Gasteiger partial charge on any atom is 0.303 e. The van der Waals surface area contributed by atoms with Crippen molar-refractivity contribution in [2.24, 2.45) is 8.73 Å². The van der Waals surface area contributed by atoms with Crippen LogP contribution in [0.15, 0.2) is 8.73 Å². The molecule has 0 unspecified atom stereocenters.